The number of aromatic nitrogens is 2. The Hall–Kier alpha value is -1.17. The SMILES string of the molecule is CCCc1nsc(NC(C)C(=O)OC)n1. The third-order valence-electron chi connectivity index (χ3n) is 1.84. The van der Waals surface area contributed by atoms with E-state index < -0.39 is 6.04 Å². The van der Waals surface area contributed by atoms with Crippen LogP contribution in [-0.2, 0) is 16.0 Å². The van der Waals surface area contributed by atoms with Crippen molar-refractivity contribution < 1.29 is 9.53 Å². The Bertz CT molecular complexity index is 327. The molecule has 5 nitrogen and oxygen atoms in total. The van der Waals surface area contributed by atoms with Gasteiger partial charge in [0.1, 0.15) is 11.9 Å². The second-order valence-corrected chi connectivity index (χ2v) is 3.91. The molecule has 0 amide bonds. The minimum Gasteiger partial charge on any atom is -0.467 e. The molecule has 1 unspecified atom stereocenters. The number of hydrogen-bond acceptors (Lipinski definition) is 6. The molecule has 0 aliphatic heterocycles. The van der Waals surface area contributed by atoms with Crippen molar-refractivity contribution in [1.82, 2.24) is 9.36 Å². The molecule has 0 aromatic carbocycles. The van der Waals surface area contributed by atoms with Crippen LogP contribution in [0.15, 0.2) is 0 Å². The number of ether oxygens (including phenoxy) is 1. The maximum absolute atomic E-state index is 11.1. The van der Waals surface area contributed by atoms with Gasteiger partial charge in [0.25, 0.3) is 0 Å². The van der Waals surface area contributed by atoms with Crippen molar-refractivity contribution in [2.24, 2.45) is 0 Å². The van der Waals surface area contributed by atoms with E-state index in [1.807, 2.05) is 0 Å². The second kappa shape index (κ2) is 5.65. The number of rotatable bonds is 5. The molecule has 0 spiro atoms. The minimum absolute atomic E-state index is 0.303. The lowest BCUT2D eigenvalue weighted by atomic mass is 10.3. The predicted octanol–water partition coefficient (Wildman–Crippen LogP) is 1.46. The fraction of sp³-hybridized carbons (Fsp3) is 0.667. The lowest BCUT2D eigenvalue weighted by Gasteiger charge is -2.08. The van der Waals surface area contributed by atoms with Gasteiger partial charge in [-0.25, -0.2) is 9.78 Å². The third-order valence-corrected chi connectivity index (χ3v) is 2.52. The first-order chi connectivity index (χ1) is 7.17. The molecule has 0 saturated carbocycles. The molecule has 6 heteroatoms. The molecule has 84 valence electrons. The van der Waals surface area contributed by atoms with Gasteiger partial charge < -0.3 is 10.1 Å². The first kappa shape index (κ1) is 11.9. The molecule has 1 rings (SSSR count). The van der Waals surface area contributed by atoms with Gasteiger partial charge in [-0.1, -0.05) is 6.92 Å². The third kappa shape index (κ3) is 3.47. The molecule has 0 fully saturated rings. The van der Waals surface area contributed by atoms with Crippen molar-refractivity contribution in [3.63, 3.8) is 0 Å². The number of aryl methyl sites for hydroxylation is 1. The van der Waals surface area contributed by atoms with E-state index in [4.69, 9.17) is 0 Å². The summed E-state index contributed by atoms with van der Waals surface area (Å²) in [4.78, 5) is 15.4. The molecule has 1 aromatic rings. The number of esters is 1. The van der Waals surface area contributed by atoms with Crippen molar-refractivity contribution in [2.45, 2.75) is 32.7 Å². The Morgan fingerprint density at radius 3 is 3.00 bits per heavy atom. The summed E-state index contributed by atoms with van der Waals surface area (Å²) in [7, 11) is 1.36. The lowest BCUT2D eigenvalue weighted by molar-refractivity contribution is -0.141. The molecule has 15 heavy (non-hydrogen) atoms. The summed E-state index contributed by atoms with van der Waals surface area (Å²) < 4.78 is 8.75. The summed E-state index contributed by atoms with van der Waals surface area (Å²) in [6.45, 7) is 3.80. The zero-order chi connectivity index (χ0) is 11.3. The number of anilines is 1. The predicted molar refractivity (Wildman–Crippen MR) is 59.0 cm³/mol. The summed E-state index contributed by atoms with van der Waals surface area (Å²) in [5, 5.41) is 3.61. The minimum atomic E-state index is -0.391. The molecule has 1 atom stereocenters. The number of carbonyl (C=O) groups is 1. The summed E-state index contributed by atoms with van der Waals surface area (Å²) in [5.74, 6) is 0.518. The van der Waals surface area contributed by atoms with E-state index in [0.717, 1.165) is 18.7 Å². The quantitative estimate of drug-likeness (QED) is 0.774. The summed E-state index contributed by atoms with van der Waals surface area (Å²) in [6.07, 6.45) is 1.88. The molecule has 1 N–H and O–H groups in total. The van der Waals surface area contributed by atoms with Gasteiger partial charge in [0.05, 0.1) is 7.11 Å². The second-order valence-electron chi connectivity index (χ2n) is 3.15. The first-order valence-corrected chi connectivity index (χ1v) is 5.61. The van der Waals surface area contributed by atoms with Crippen LogP contribution in [0.2, 0.25) is 0 Å². The normalized spacial score (nSPS) is 12.2. The van der Waals surface area contributed by atoms with Crippen molar-refractivity contribution in [1.29, 1.82) is 0 Å². The average Bonchev–Trinajstić information content (AvgIpc) is 2.65. The number of nitrogens with one attached hydrogen (secondary N) is 1. The van der Waals surface area contributed by atoms with Crippen LogP contribution in [0.1, 0.15) is 26.1 Å². The highest BCUT2D eigenvalue weighted by molar-refractivity contribution is 7.09. The van der Waals surface area contributed by atoms with Gasteiger partial charge in [-0.3, -0.25) is 0 Å². The monoisotopic (exact) mass is 229 g/mol. The van der Waals surface area contributed by atoms with E-state index in [0.29, 0.717) is 5.13 Å². The van der Waals surface area contributed by atoms with Crippen molar-refractivity contribution in [2.75, 3.05) is 12.4 Å². The Morgan fingerprint density at radius 2 is 2.40 bits per heavy atom. The zero-order valence-electron chi connectivity index (χ0n) is 9.11. The summed E-state index contributed by atoms with van der Waals surface area (Å²) >= 11 is 1.27. The Morgan fingerprint density at radius 1 is 1.67 bits per heavy atom. The van der Waals surface area contributed by atoms with Crippen LogP contribution >= 0.6 is 11.5 Å². The molecule has 0 aliphatic rings. The van der Waals surface area contributed by atoms with E-state index >= 15 is 0 Å². The van der Waals surface area contributed by atoms with Gasteiger partial charge in [0.2, 0.25) is 5.13 Å². The Balaban J connectivity index is 2.53. The highest BCUT2D eigenvalue weighted by Gasteiger charge is 2.14. The smallest absolute Gasteiger partial charge is 0.328 e. The Labute approximate surface area is 93.0 Å². The zero-order valence-corrected chi connectivity index (χ0v) is 9.93. The van der Waals surface area contributed by atoms with E-state index in [2.05, 4.69) is 26.3 Å². The number of hydrogen-bond donors (Lipinski definition) is 1. The van der Waals surface area contributed by atoms with E-state index in [1.165, 1.54) is 18.6 Å². The number of carbonyl (C=O) groups excluding carboxylic acids is 1. The van der Waals surface area contributed by atoms with Crippen molar-refractivity contribution >= 4 is 22.6 Å². The molecular weight excluding hydrogens is 214 g/mol. The lowest BCUT2D eigenvalue weighted by Crippen LogP contribution is -2.27. The maximum atomic E-state index is 11.1. The molecule has 1 aromatic heterocycles. The van der Waals surface area contributed by atoms with Crippen LogP contribution in [0.25, 0.3) is 0 Å². The molecule has 0 bridgehead atoms. The van der Waals surface area contributed by atoms with Gasteiger partial charge in [-0.15, -0.1) is 0 Å². The van der Waals surface area contributed by atoms with Crippen LogP contribution < -0.4 is 5.32 Å². The first-order valence-electron chi connectivity index (χ1n) is 4.84. The number of nitrogens with zero attached hydrogens (tertiary/aromatic N) is 2. The van der Waals surface area contributed by atoms with Gasteiger partial charge in [-0.2, -0.15) is 4.37 Å². The van der Waals surface area contributed by atoms with Crippen LogP contribution in [0.4, 0.5) is 5.13 Å². The molecule has 0 aliphatic carbocycles. The van der Waals surface area contributed by atoms with Crippen LogP contribution in [0.3, 0.4) is 0 Å². The largest absolute Gasteiger partial charge is 0.467 e. The summed E-state index contributed by atoms with van der Waals surface area (Å²) in [5.41, 5.74) is 0. The fourth-order valence-electron chi connectivity index (χ4n) is 1.06. The molecule has 0 saturated heterocycles. The van der Waals surface area contributed by atoms with Crippen molar-refractivity contribution in [3.8, 4) is 0 Å². The summed E-state index contributed by atoms with van der Waals surface area (Å²) in [6, 6.07) is -0.391. The maximum Gasteiger partial charge on any atom is 0.328 e. The van der Waals surface area contributed by atoms with Gasteiger partial charge in [-0.05, 0) is 13.3 Å². The van der Waals surface area contributed by atoms with E-state index in [1.54, 1.807) is 6.92 Å². The van der Waals surface area contributed by atoms with Gasteiger partial charge in [0.15, 0.2) is 0 Å². The molecule has 1 heterocycles. The van der Waals surface area contributed by atoms with Crippen molar-refractivity contribution in [3.05, 3.63) is 5.82 Å². The van der Waals surface area contributed by atoms with E-state index in [9.17, 15) is 4.79 Å². The standard InChI is InChI=1S/C9H15N3O2S/c1-4-5-7-11-9(15-12-7)10-6(2)8(13)14-3/h6H,4-5H2,1-3H3,(H,10,11,12). The highest BCUT2D eigenvalue weighted by Crippen LogP contribution is 2.13. The average molecular weight is 229 g/mol. The fourth-order valence-corrected chi connectivity index (χ4v) is 1.76. The highest BCUT2D eigenvalue weighted by atomic mass is 32.1. The molecule has 0 radical (unpaired) electrons. The van der Waals surface area contributed by atoms with Crippen LogP contribution in [0, 0.1) is 0 Å². The van der Waals surface area contributed by atoms with Crippen LogP contribution in [-0.4, -0.2) is 28.5 Å². The van der Waals surface area contributed by atoms with Gasteiger partial charge >= 0.3 is 5.97 Å². The number of methoxy groups -OCH3 is 1. The molecular formula is C9H15N3O2S. The topological polar surface area (TPSA) is 64.1 Å². The van der Waals surface area contributed by atoms with Gasteiger partial charge in [0, 0.05) is 18.0 Å². The van der Waals surface area contributed by atoms with Crippen LogP contribution in [0.5, 0.6) is 0 Å². The van der Waals surface area contributed by atoms with E-state index in [-0.39, 0.29) is 5.97 Å². The Kier molecular flexibility index (Phi) is 4.48.